The summed E-state index contributed by atoms with van der Waals surface area (Å²) >= 11 is 0. The Morgan fingerprint density at radius 2 is 1.66 bits per heavy atom. The first-order valence-corrected chi connectivity index (χ1v) is 12.2. The van der Waals surface area contributed by atoms with Crippen molar-refractivity contribution in [2.24, 2.45) is 5.92 Å². The van der Waals surface area contributed by atoms with E-state index in [1.165, 1.54) is 18.5 Å². The van der Waals surface area contributed by atoms with Crippen molar-refractivity contribution in [2.45, 2.75) is 57.2 Å². The lowest BCUT2D eigenvalue weighted by Crippen LogP contribution is -2.39. The highest BCUT2D eigenvalue weighted by molar-refractivity contribution is 5.76. The minimum atomic E-state index is -5.08. The number of aliphatic carboxylic acids is 2. The summed E-state index contributed by atoms with van der Waals surface area (Å²) in [6, 6.07) is 6.34. The number of methoxy groups -OCH3 is 1. The van der Waals surface area contributed by atoms with E-state index in [9.17, 15) is 31.1 Å². The lowest BCUT2D eigenvalue weighted by Gasteiger charge is -2.34. The summed E-state index contributed by atoms with van der Waals surface area (Å²) in [5, 5.41) is 21.8. The number of aromatic nitrogens is 3. The Balaban J connectivity index is 0.000000349. The smallest absolute Gasteiger partial charge is 0.481 e. The van der Waals surface area contributed by atoms with Gasteiger partial charge in [-0.3, -0.25) is 14.4 Å². The van der Waals surface area contributed by atoms with Crippen LogP contribution in [0.15, 0.2) is 30.6 Å². The fourth-order valence-electron chi connectivity index (χ4n) is 3.80. The number of nitrogens with zero attached hydrogens (tertiary/aromatic N) is 4. The van der Waals surface area contributed by atoms with Gasteiger partial charge in [0.25, 0.3) is 0 Å². The Bertz CT molecular complexity index is 1140. The molecule has 0 radical (unpaired) electrons. The van der Waals surface area contributed by atoms with Crippen LogP contribution >= 0.6 is 0 Å². The number of carboxylic acids is 2. The third kappa shape index (κ3) is 11.6. The molecule has 1 aliphatic heterocycles. The van der Waals surface area contributed by atoms with Gasteiger partial charge >= 0.3 is 24.3 Å². The van der Waals surface area contributed by atoms with Gasteiger partial charge in [0.15, 0.2) is 0 Å². The maximum Gasteiger partial charge on any atom is 0.490 e. The summed E-state index contributed by atoms with van der Waals surface area (Å²) in [5.74, 6) is -4.02. The van der Waals surface area contributed by atoms with E-state index in [4.69, 9.17) is 24.5 Å². The largest absolute Gasteiger partial charge is 0.490 e. The van der Waals surface area contributed by atoms with Gasteiger partial charge in [0, 0.05) is 50.6 Å². The zero-order valence-electron chi connectivity index (χ0n) is 21.8. The van der Waals surface area contributed by atoms with Gasteiger partial charge in [0.1, 0.15) is 0 Å². The number of fused-ring (bicyclic) bond motifs is 1. The molecule has 3 N–H and O–H groups in total. The molecule has 1 saturated carbocycles. The molecule has 0 saturated heterocycles. The van der Waals surface area contributed by atoms with Gasteiger partial charge in [0.2, 0.25) is 11.8 Å². The highest BCUT2D eigenvalue weighted by Gasteiger charge is 2.39. The molecule has 3 heterocycles. The van der Waals surface area contributed by atoms with E-state index < -0.39 is 24.3 Å². The molecular weight excluding hydrogens is 568 g/mol. The molecule has 17 heteroatoms. The molecule has 41 heavy (non-hydrogen) atoms. The topological polar surface area (TPSA) is 147 Å². The predicted molar refractivity (Wildman–Crippen MR) is 129 cm³/mol. The molecule has 2 aliphatic rings. The number of pyridine rings is 1. The number of carbonyl (C=O) groups excluding carboxylic acids is 1. The monoisotopic (exact) mass is 597 g/mol. The third-order valence-electron chi connectivity index (χ3n) is 5.85. The predicted octanol–water partition coefficient (Wildman–Crippen LogP) is 3.42. The van der Waals surface area contributed by atoms with Gasteiger partial charge in [-0.15, -0.1) is 0 Å². The van der Waals surface area contributed by atoms with E-state index >= 15 is 0 Å². The van der Waals surface area contributed by atoms with Gasteiger partial charge in [-0.05, 0) is 37.3 Å². The van der Waals surface area contributed by atoms with Crippen LogP contribution in [0.1, 0.15) is 43.0 Å². The molecule has 1 atom stereocenters. The second-order valence-corrected chi connectivity index (χ2v) is 9.15. The minimum absolute atomic E-state index is 0.186. The maximum atomic E-state index is 11.9. The highest BCUT2D eigenvalue weighted by Crippen LogP contribution is 2.32. The Morgan fingerprint density at radius 1 is 1.05 bits per heavy atom. The van der Waals surface area contributed by atoms with Crippen LogP contribution in [0.5, 0.6) is 5.88 Å². The number of hydrogen-bond acceptors (Lipinski definition) is 7. The van der Waals surface area contributed by atoms with Crippen molar-refractivity contribution in [1.82, 2.24) is 25.0 Å². The Labute approximate surface area is 230 Å². The molecule has 1 aliphatic carbocycles. The van der Waals surface area contributed by atoms with Crippen LogP contribution in [-0.4, -0.2) is 80.3 Å². The molecule has 0 spiro atoms. The van der Waals surface area contributed by atoms with Crippen molar-refractivity contribution in [3.63, 3.8) is 0 Å². The molecule has 2 aromatic rings. The minimum Gasteiger partial charge on any atom is -0.481 e. The maximum absolute atomic E-state index is 11.9. The van der Waals surface area contributed by atoms with Crippen LogP contribution < -0.4 is 10.1 Å². The number of alkyl halides is 6. The zero-order chi connectivity index (χ0) is 30.8. The van der Waals surface area contributed by atoms with Crippen LogP contribution in [0, 0.1) is 5.92 Å². The summed E-state index contributed by atoms with van der Waals surface area (Å²) in [6.45, 7) is 3.22. The van der Waals surface area contributed by atoms with E-state index in [0.29, 0.717) is 24.8 Å². The van der Waals surface area contributed by atoms with Gasteiger partial charge in [-0.1, -0.05) is 6.07 Å². The van der Waals surface area contributed by atoms with Gasteiger partial charge < -0.3 is 20.3 Å². The molecule has 1 fully saturated rings. The Hall–Kier alpha value is -3.89. The molecular formula is C24H29F6N5O6. The first-order chi connectivity index (χ1) is 19.1. The van der Waals surface area contributed by atoms with Crippen molar-refractivity contribution in [3.8, 4) is 5.88 Å². The number of carbonyl (C=O) groups is 3. The third-order valence-corrected chi connectivity index (χ3v) is 5.85. The normalized spacial score (nSPS) is 16.7. The summed E-state index contributed by atoms with van der Waals surface area (Å²) in [5.41, 5.74) is 2.29. The number of ether oxygens (including phenoxy) is 1. The second kappa shape index (κ2) is 14.7. The number of hydrogen-bond donors (Lipinski definition) is 3. The summed E-state index contributed by atoms with van der Waals surface area (Å²) < 4.78 is 71.0. The quantitative estimate of drug-likeness (QED) is 0.390. The standard InChI is InChI=1S/C20H27N5O2.2C2HF3O2/c1-27-20-16(3-2-8-22-20)12-24-13-17(25-18(14-24)7-10-23-25)6-9-21-19(26)11-15-4-5-15;2*3-2(4,5)1(6)7/h2-3,7-8,10,15,17H,4-6,9,11-14H2,1H3,(H,21,26);2*(H,6,7). The van der Waals surface area contributed by atoms with Gasteiger partial charge in [0.05, 0.1) is 18.8 Å². The molecule has 0 aromatic carbocycles. The summed E-state index contributed by atoms with van der Waals surface area (Å²) in [6.07, 6.45) is -2.57. The molecule has 11 nitrogen and oxygen atoms in total. The van der Waals surface area contributed by atoms with Crippen LogP contribution in [0.25, 0.3) is 0 Å². The highest BCUT2D eigenvalue weighted by atomic mass is 19.4. The van der Waals surface area contributed by atoms with E-state index in [2.05, 4.69) is 37.1 Å². The summed E-state index contributed by atoms with van der Waals surface area (Å²) in [7, 11) is 1.66. The number of halogens is 6. The summed E-state index contributed by atoms with van der Waals surface area (Å²) in [4.78, 5) is 36.4. The van der Waals surface area contributed by atoms with E-state index in [0.717, 1.165) is 31.6 Å². The fraction of sp³-hybridized carbons (Fsp3) is 0.542. The first-order valence-electron chi connectivity index (χ1n) is 12.2. The molecule has 1 amide bonds. The molecule has 4 rings (SSSR count). The Kier molecular flexibility index (Phi) is 11.9. The van der Waals surface area contributed by atoms with Crippen molar-refractivity contribution in [2.75, 3.05) is 20.2 Å². The average molecular weight is 598 g/mol. The zero-order valence-corrected chi connectivity index (χ0v) is 21.8. The van der Waals surface area contributed by atoms with Crippen LogP contribution in [0.2, 0.25) is 0 Å². The van der Waals surface area contributed by atoms with Gasteiger partial charge in [-0.2, -0.15) is 31.4 Å². The lowest BCUT2D eigenvalue weighted by atomic mass is 10.1. The van der Waals surface area contributed by atoms with Gasteiger partial charge in [-0.25, -0.2) is 14.6 Å². The molecule has 2 aromatic heterocycles. The van der Waals surface area contributed by atoms with Crippen molar-refractivity contribution in [3.05, 3.63) is 41.9 Å². The van der Waals surface area contributed by atoms with E-state index in [1.54, 1.807) is 13.3 Å². The number of nitrogens with one attached hydrogen (secondary N) is 1. The second-order valence-electron chi connectivity index (χ2n) is 9.15. The van der Waals surface area contributed by atoms with Crippen molar-refractivity contribution in [1.29, 1.82) is 0 Å². The number of rotatable bonds is 8. The van der Waals surface area contributed by atoms with Crippen molar-refractivity contribution >= 4 is 17.8 Å². The van der Waals surface area contributed by atoms with Crippen molar-refractivity contribution < 1.29 is 55.7 Å². The van der Waals surface area contributed by atoms with Crippen LogP contribution in [0.4, 0.5) is 26.3 Å². The first kappa shape index (κ1) is 33.3. The molecule has 0 bridgehead atoms. The lowest BCUT2D eigenvalue weighted by molar-refractivity contribution is -0.193. The number of amides is 1. The van der Waals surface area contributed by atoms with E-state index in [1.807, 2.05) is 12.3 Å². The Morgan fingerprint density at radius 3 is 2.20 bits per heavy atom. The number of carboxylic acid groups (broad SMARTS) is 2. The fourth-order valence-corrected chi connectivity index (χ4v) is 3.80. The van der Waals surface area contributed by atoms with E-state index in [-0.39, 0.29) is 11.9 Å². The van der Waals surface area contributed by atoms with Crippen LogP contribution in [-0.2, 0) is 27.5 Å². The SMILES string of the molecule is COc1ncccc1CN1Cc2ccnn2C(CCNC(=O)CC2CC2)C1.O=C(O)C(F)(F)F.O=C(O)C(F)(F)F. The molecule has 228 valence electrons. The average Bonchev–Trinajstić information content (AvgIpc) is 3.56. The van der Waals surface area contributed by atoms with Crippen LogP contribution in [0.3, 0.4) is 0 Å². The molecule has 1 unspecified atom stereocenters.